The van der Waals surface area contributed by atoms with E-state index < -0.39 is 0 Å². The van der Waals surface area contributed by atoms with Crippen LogP contribution in [-0.4, -0.2) is 19.1 Å². The molecule has 0 saturated heterocycles. The third-order valence-corrected chi connectivity index (χ3v) is 3.15. The molecular weight excluding hydrogens is 227 g/mol. The topological polar surface area (TPSA) is 15.3 Å². The third-order valence-electron chi connectivity index (χ3n) is 2.86. The molecule has 1 N–H and O–H groups in total. The molecule has 1 aliphatic heterocycles. The van der Waals surface area contributed by atoms with Crippen LogP contribution in [0.5, 0.6) is 0 Å². The highest BCUT2D eigenvalue weighted by molar-refractivity contribution is 6.31. The van der Waals surface area contributed by atoms with Crippen molar-refractivity contribution < 1.29 is 4.39 Å². The number of fused-ring (bicyclic) bond motifs is 1. The molecule has 0 amide bonds. The predicted molar refractivity (Wildman–Crippen MR) is 67.0 cm³/mol. The van der Waals surface area contributed by atoms with E-state index in [4.69, 9.17) is 11.6 Å². The first-order valence-corrected chi connectivity index (χ1v) is 5.97. The van der Waals surface area contributed by atoms with Gasteiger partial charge in [-0.05, 0) is 26.3 Å². The van der Waals surface area contributed by atoms with Crippen molar-refractivity contribution in [3.8, 4) is 0 Å². The van der Waals surface area contributed by atoms with E-state index in [2.05, 4.69) is 24.1 Å². The van der Waals surface area contributed by atoms with Crippen LogP contribution in [0, 0.1) is 5.82 Å². The number of benzene rings is 1. The maximum Gasteiger partial charge on any atom is 0.144 e. The molecule has 0 radical (unpaired) electrons. The quantitative estimate of drug-likeness (QED) is 0.811. The molecule has 0 unspecified atom stereocenters. The number of rotatable bonds is 1. The summed E-state index contributed by atoms with van der Waals surface area (Å²) in [7, 11) is 0. The first kappa shape index (κ1) is 11.5. The summed E-state index contributed by atoms with van der Waals surface area (Å²) in [5.74, 6) is -0.352. The van der Waals surface area contributed by atoms with E-state index in [1.165, 1.54) is 6.07 Å². The SMILES string of the molecule is CC(C)N1CCCNc2cc(Cl)c(F)cc21. The van der Waals surface area contributed by atoms with Crippen LogP contribution in [0.2, 0.25) is 5.02 Å². The Bertz CT molecular complexity index is 393. The Kier molecular flexibility index (Phi) is 3.24. The minimum Gasteiger partial charge on any atom is -0.383 e. The van der Waals surface area contributed by atoms with Gasteiger partial charge in [0.1, 0.15) is 5.82 Å². The molecule has 16 heavy (non-hydrogen) atoms. The van der Waals surface area contributed by atoms with E-state index in [1.54, 1.807) is 6.07 Å². The van der Waals surface area contributed by atoms with Crippen molar-refractivity contribution in [2.24, 2.45) is 0 Å². The monoisotopic (exact) mass is 242 g/mol. The molecule has 2 rings (SSSR count). The fraction of sp³-hybridized carbons (Fsp3) is 0.500. The van der Waals surface area contributed by atoms with Gasteiger partial charge in [-0.15, -0.1) is 0 Å². The molecule has 4 heteroatoms. The number of nitrogens with one attached hydrogen (secondary N) is 1. The Morgan fingerprint density at radius 1 is 1.44 bits per heavy atom. The van der Waals surface area contributed by atoms with Crippen LogP contribution in [0.15, 0.2) is 12.1 Å². The van der Waals surface area contributed by atoms with Gasteiger partial charge in [-0.2, -0.15) is 0 Å². The Morgan fingerprint density at radius 2 is 2.19 bits per heavy atom. The second-order valence-electron chi connectivity index (χ2n) is 4.35. The number of hydrogen-bond donors (Lipinski definition) is 1. The lowest BCUT2D eigenvalue weighted by molar-refractivity contribution is 0.623. The van der Waals surface area contributed by atoms with Gasteiger partial charge in [-0.3, -0.25) is 0 Å². The lowest BCUT2D eigenvalue weighted by Crippen LogP contribution is -2.31. The first-order valence-electron chi connectivity index (χ1n) is 5.59. The van der Waals surface area contributed by atoms with Crippen molar-refractivity contribution in [1.29, 1.82) is 0 Å². The number of hydrogen-bond acceptors (Lipinski definition) is 2. The second-order valence-corrected chi connectivity index (χ2v) is 4.76. The van der Waals surface area contributed by atoms with Crippen molar-refractivity contribution in [1.82, 2.24) is 0 Å². The van der Waals surface area contributed by atoms with E-state index >= 15 is 0 Å². The largest absolute Gasteiger partial charge is 0.383 e. The fourth-order valence-corrected chi connectivity index (χ4v) is 2.21. The Labute approximate surface area is 100 Å². The first-order chi connectivity index (χ1) is 7.59. The summed E-state index contributed by atoms with van der Waals surface area (Å²) in [6.45, 7) is 6.07. The molecular formula is C12H16ClFN2. The van der Waals surface area contributed by atoms with Crippen molar-refractivity contribution in [3.63, 3.8) is 0 Å². The molecule has 0 atom stereocenters. The van der Waals surface area contributed by atoms with E-state index in [-0.39, 0.29) is 10.8 Å². The summed E-state index contributed by atoms with van der Waals surface area (Å²) < 4.78 is 13.5. The summed E-state index contributed by atoms with van der Waals surface area (Å²) in [6.07, 6.45) is 1.05. The molecule has 88 valence electrons. The summed E-state index contributed by atoms with van der Waals surface area (Å²) in [4.78, 5) is 2.20. The van der Waals surface area contributed by atoms with Crippen LogP contribution in [0.3, 0.4) is 0 Å². The molecule has 0 aliphatic carbocycles. The zero-order chi connectivity index (χ0) is 11.7. The molecule has 0 spiro atoms. The van der Waals surface area contributed by atoms with Gasteiger partial charge in [0.2, 0.25) is 0 Å². The summed E-state index contributed by atoms with van der Waals surface area (Å²) in [6, 6.07) is 3.56. The third kappa shape index (κ3) is 2.09. The average molecular weight is 243 g/mol. The van der Waals surface area contributed by atoms with E-state index in [0.717, 1.165) is 30.9 Å². The molecule has 0 saturated carbocycles. The highest BCUT2D eigenvalue weighted by Gasteiger charge is 2.19. The number of anilines is 2. The molecule has 0 bridgehead atoms. The highest BCUT2D eigenvalue weighted by atomic mass is 35.5. The highest BCUT2D eigenvalue weighted by Crippen LogP contribution is 2.34. The van der Waals surface area contributed by atoms with Crippen LogP contribution < -0.4 is 10.2 Å². The molecule has 2 nitrogen and oxygen atoms in total. The minimum absolute atomic E-state index is 0.178. The maximum atomic E-state index is 13.5. The Balaban J connectivity index is 2.48. The average Bonchev–Trinajstić information content (AvgIpc) is 2.41. The van der Waals surface area contributed by atoms with Gasteiger partial charge in [0, 0.05) is 25.2 Å². The molecule has 1 aromatic carbocycles. The van der Waals surface area contributed by atoms with Crippen molar-refractivity contribution in [2.75, 3.05) is 23.3 Å². The number of nitrogens with zero attached hydrogens (tertiary/aromatic N) is 1. The van der Waals surface area contributed by atoms with Gasteiger partial charge in [0.15, 0.2) is 0 Å². The molecule has 1 heterocycles. The van der Waals surface area contributed by atoms with E-state index in [9.17, 15) is 4.39 Å². The number of halogens is 2. The summed E-state index contributed by atoms with van der Waals surface area (Å²) in [5, 5.41) is 3.46. The van der Waals surface area contributed by atoms with Crippen LogP contribution in [0.4, 0.5) is 15.8 Å². The van der Waals surface area contributed by atoms with Gasteiger partial charge in [0.05, 0.1) is 16.4 Å². The Hall–Kier alpha value is -0.960. The standard InChI is InChI=1S/C12H16ClFN2/c1-8(2)16-5-3-4-15-11-6-9(13)10(14)7-12(11)16/h6-8,15H,3-5H2,1-2H3. The lowest BCUT2D eigenvalue weighted by atomic mass is 10.2. The van der Waals surface area contributed by atoms with E-state index in [1.807, 2.05) is 0 Å². The zero-order valence-corrected chi connectivity index (χ0v) is 10.3. The van der Waals surface area contributed by atoms with Crippen molar-refractivity contribution in [3.05, 3.63) is 23.0 Å². The summed E-state index contributed by atoms with van der Waals surface area (Å²) in [5.41, 5.74) is 1.84. The molecule has 0 aromatic heterocycles. The fourth-order valence-electron chi connectivity index (χ4n) is 2.04. The molecule has 1 aromatic rings. The van der Waals surface area contributed by atoms with Crippen molar-refractivity contribution in [2.45, 2.75) is 26.3 Å². The van der Waals surface area contributed by atoms with Crippen LogP contribution >= 0.6 is 11.6 Å². The van der Waals surface area contributed by atoms with E-state index in [0.29, 0.717) is 6.04 Å². The van der Waals surface area contributed by atoms with Gasteiger partial charge >= 0.3 is 0 Å². The van der Waals surface area contributed by atoms with Crippen LogP contribution in [0.1, 0.15) is 20.3 Å². The second kappa shape index (κ2) is 4.50. The van der Waals surface area contributed by atoms with Gasteiger partial charge in [0.25, 0.3) is 0 Å². The van der Waals surface area contributed by atoms with Crippen LogP contribution in [-0.2, 0) is 0 Å². The van der Waals surface area contributed by atoms with Gasteiger partial charge < -0.3 is 10.2 Å². The van der Waals surface area contributed by atoms with Crippen LogP contribution in [0.25, 0.3) is 0 Å². The molecule has 1 aliphatic rings. The van der Waals surface area contributed by atoms with Gasteiger partial charge in [-0.1, -0.05) is 11.6 Å². The minimum atomic E-state index is -0.352. The zero-order valence-electron chi connectivity index (χ0n) is 9.56. The maximum absolute atomic E-state index is 13.5. The predicted octanol–water partition coefficient (Wildman–Crippen LogP) is 3.51. The smallest absolute Gasteiger partial charge is 0.144 e. The Morgan fingerprint density at radius 3 is 2.88 bits per heavy atom. The lowest BCUT2D eigenvalue weighted by Gasteiger charge is -2.28. The molecule has 0 fully saturated rings. The van der Waals surface area contributed by atoms with Crippen molar-refractivity contribution >= 4 is 23.0 Å². The van der Waals surface area contributed by atoms with Gasteiger partial charge in [-0.25, -0.2) is 4.39 Å². The summed E-state index contributed by atoms with van der Waals surface area (Å²) >= 11 is 5.79. The normalized spacial score (nSPS) is 15.7.